The number of esters is 1. The fourth-order valence-electron chi connectivity index (χ4n) is 3.96. The maximum atomic E-state index is 13.5. The third-order valence-electron chi connectivity index (χ3n) is 5.86. The number of nitrogens with one attached hydrogen (secondary N) is 2. The van der Waals surface area contributed by atoms with Crippen molar-refractivity contribution in [1.82, 2.24) is 25.5 Å². The van der Waals surface area contributed by atoms with Crippen molar-refractivity contribution in [3.63, 3.8) is 0 Å². The van der Waals surface area contributed by atoms with Crippen molar-refractivity contribution in [2.24, 2.45) is 0 Å². The molecule has 4 aromatic rings. The van der Waals surface area contributed by atoms with Gasteiger partial charge in [0.2, 0.25) is 12.6 Å². The van der Waals surface area contributed by atoms with Gasteiger partial charge in [-0.15, -0.1) is 15.0 Å². The first kappa shape index (κ1) is 30.0. The topological polar surface area (TPSA) is 150 Å². The van der Waals surface area contributed by atoms with E-state index in [4.69, 9.17) is 13.9 Å². The zero-order chi connectivity index (χ0) is 30.3. The number of anilines is 1. The summed E-state index contributed by atoms with van der Waals surface area (Å²) in [5, 5.41) is 17.3. The van der Waals surface area contributed by atoms with Crippen LogP contribution in [0.1, 0.15) is 48.2 Å². The average molecular weight is 589 g/mol. The molecule has 12 nitrogen and oxygen atoms in total. The van der Waals surface area contributed by atoms with E-state index >= 15 is 0 Å². The minimum atomic E-state index is -4.55. The minimum Gasteiger partial charge on any atom is -0.466 e. The Balaban J connectivity index is 1.39. The van der Waals surface area contributed by atoms with Gasteiger partial charge in [-0.25, -0.2) is 4.79 Å². The molecule has 222 valence electrons. The van der Waals surface area contributed by atoms with Gasteiger partial charge in [-0.1, -0.05) is 25.5 Å². The molecule has 0 saturated heterocycles. The molecule has 4 rings (SSSR count). The van der Waals surface area contributed by atoms with Crippen molar-refractivity contribution in [2.45, 2.75) is 46.0 Å². The summed E-state index contributed by atoms with van der Waals surface area (Å²) in [6, 6.07) is 9.91. The number of rotatable bonds is 11. The van der Waals surface area contributed by atoms with Crippen LogP contribution in [0.25, 0.3) is 22.6 Å². The summed E-state index contributed by atoms with van der Waals surface area (Å²) in [5.74, 6) is -0.770. The van der Waals surface area contributed by atoms with Gasteiger partial charge < -0.3 is 24.5 Å². The number of ether oxygens (including phenoxy) is 2. The standard InChI is InChI=1S/C27H27F3N6O6/c1-3-5-16-8-9-19(14-20(16)27(28,29)30)32-25(38)18-7-6-17-12-22(42-21(17)13-18)24-33-35-36(34-24)15-41-26(39)31-11-10-23(37)40-4-2/h6-9,12-14H,3-5,10-11,15H2,1-2H3,(H,31,39)(H,32,38). The second-order valence-corrected chi connectivity index (χ2v) is 8.97. The number of furan rings is 1. The molecule has 2 aromatic heterocycles. The Kier molecular flexibility index (Phi) is 9.39. The van der Waals surface area contributed by atoms with Crippen LogP contribution in [0.2, 0.25) is 0 Å². The molecule has 0 radical (unpaired) electrons. The van der Waals surface area contributed by atoms with E-state index in [1.165, 1.54) is 24.3 Å². The van der Waals surface area contributed by atoms with Crippen molar-refractivity contribution in [3.8, 4) is 11.6 Å². The Bertz CT molecular complexity index is 1580. The zero-order valence-corrected chi connectivity index (χ0v) is 22.7. The highest BCUT2D eigenvalue weighted by molar-refractivity contribution is 6.06. The maximum Gasteiger partial charge on any atom is 0.416 e. The number of benzene rings is 2. The molecule has 0 fully saturated rings. The number of hydrogen-bond donors (Lipinski definition) is 2. The normalized spacial score (nSPS) is 11.4. The fourth-order valence-corrected chi connectivity index (χ4v) is 3.96. The fraction of sp³-hybridized carbons (Fsp3) is 0.333. The predicted octanol–water partition coefficient (Wildman–Crippen LogP) is 4.95. The van der Waals surface area contributed by atoms with E-state index < -0.39 is 29.7 Å². The van der Waals surface area contributed by atoms with E-state index in [1.54, 1.807) is 26.0 Å². The van der Waals surface area contributed by atoms with Crippen molar-refractivity contribution in [3.05, 3.63) is 59.2 Å². The van der Waals surface area contributed by atoms with Crippen LogP contribution in [0.5, 0.6) is 0 Å². The third kappa shape index (κ3) is 7.62. The van der Waals surface area contributed by atoms with E-state index in [-0.39, 0.29) is 61.1 Å². The third-order valence-corrected chi connectivity index (χ3v) is 5.86. The molecule has 2 amide bonds. The minimum absolute atomic E-state index is 0.00474. The summed E-state index contributed by atoms with van der Waals surface area (Å²) in [6.45, 7) is 3.38. The second-order valence-electron chi connectivity index (χ2n) is 8.97. The van der Waals surface area contributed by atoms with Crippen LogP contribution in [-0.4, -0.2) is 51.3 Å². The van der Waals surface area contributed by atoms with E-state index in [0.717, 1.165) is 10.9 Å². The number of nitrogens with zero attached hydrogens (tertiary/aromatic N) is 4. The Morgan fingerprint density at radius 2 is 1.86 bits per heavy atom. The van der Waals surface area contributed by atoms with E-state index in [0.29, 0.717) is 17.4 Å². The van der Waals surface area contributed by atoms with E-state index in [1.807, 2.05) is 0 Å². The van der Waals surface area contributed by atoms with Gasteiger partial charge in [0.15, 0.2) is 5.76 Å². The highest BCUT2D eigenvalue weighted by atomic mass is 19.4. The lowest BCUT2D eigenvalue weighted by molar-refractivity contribution is -0.143. The highest BCUT2D eigenvalue weighted by Gasteiger charge is 2.33. The number of fused-ring (bicyclic) bond motifs is 1. The monoisotopic (exact) mass is 588 g/mol. The number of halogens is 3. The molecule has 0 atom stereocenters. The number of amides is 2. The van der Waals surface area contributed by atoms with Crippen LogP contribution >= 0.6 is 0 Å². The van der Waals surface area contributed by atoms with E-state index in [9.17, 15) is 27.6 Å². The van der Waals surface area contributed by atoms with Crippen LogP contribution < -0.4 is 10.6 Å². The van der Waals surface area contributed by atoms with Gasteiger partial charge >= 0.3 is 18.2 Å². The Hall–Kier alpha value is -4.95. The molecule has 2 aromatic carbocycles. The van der Waals surface area contributed by atoms with Crippen molar-refractivity contribution >= 4 is 34.6 Å². The average Bonchev–Trinajstić information content (AvgIpc) is 3.59. The van der Waals surface area contributed by atoms with Crippen molar-refractivity contribution in [2.75, 3.05) is 18.5 Å². The molecule has 0 bridgehead atoms. The Morgan fingerprint density at radius 1 is 1.05 bits per heavy atom. The molecule has 0 spiro atoms. The summed E-state index contributed by atoms with van der Waals surface area (Å²) in [5.41, 5.74) is -0.134. The first-order chi connectivity index (χ1) is 20.1. The van der Waals surface area contributed by atoms with Crippen LogP contribution in [-0.2, 0) is 33.6 Å². The lowest BCUT2D eigenvalue weighted by Gasteiger charge is -2.14. The largest absolute Gasteiger partial charge is 0.466 e. The molecule has 15 heteroatoms. The molecular weight excluding hydrogens is 561 g/mol. The van der Waals surface area contributed by atoms with Crippen LogP contribution in [0, 0.1) is 0 Å². The lowest BCUT2D eigenvalue weighted by Crippen LogP contribution is -2.28. The van der Waals surface area contributed by atoms with Gasteiger partial charge in [0.25, 0.3) is 5.91 Å². The van der Waals surface area contributed by atoms with Gasteiger partial charge in [-0.2, -0.15) is 13.2 Å². The van der Waals surface area contributed by atoms with Gasteiger partial charge in [-0.05, 0) is 54.5 Å². The number of alkyl carbamates (subject to hydrolysis) is 1. The van der Waals surface area contributed by atoms with Gasteiger partial charge in [0.1, 0.15) is 5.58 Å². The molecule has 0 aliphatic rings. The summed E-state index contributed by atoms with van der Waals surface area (Å²) >= 11 is 0. The van der Waals surface area contributed by atoms with Crippen LogP contribution in [0.4, 0.5) is 23.7 Å². The molecule has 2 N–H and O–H groups in total. The second kappa shape index (κ2) is 13.1. The summed E-state index contributed by atoms with van der Waals surface area (Å²) in [4.78, 5) is 36.9. The smallest absolute Gasteiger partial charge is 0.416 e. The number of tetrazole rings is 1. The SMILES string of the molecule is CCCc1ccc(NC(=O)c2ccc3cc(-c4nnn(COC(=O)NCCC(=O)OCC)n4)oc3c2)cc1C(F)(F)F. The molecule has 0 saturated carbocycles. The number of carbonyl (C=O) groups excluding carboxylic acids is 3. The maximum absolute atomic E-state index is 13.5. The van der Waals surface area contributed by atoms with Crippen molar-refractivity contribution < 1.29 is 41.4 Å². The summed E-state index contributed by atoms with van der Waals surface area (Å²) < 4.78 is 56.1. The number of alkyl halides is 3. The predicted molar refractivity (Wildman–Crippen MR) is 142 cm³/mol. The van der Waals surface area contributed by atoms with E-state index in [2.05, 4.69) is 26.0 Å². The highest BCUT2D eigenvalue weighted by Crippen LogP contribution is 2.34. The zero-order valence-electron chi connectivity index (χ0n) is 22.7. The molecule has 42 heavy (non-hydrogen) atoms. The lowest BCUT2D eigenvalue weighted by atomic mass is 10.0. The van der Waals surface area contributed by atoms with Crippen LogP contribution in [0.15, 0.2) is 46.9 Å². The number of aromatic nitrogens is 4. The molecular formula is C27H27F3N6O6. The summed E-state index contributed by atoms with van der Waals surface area (Å²) in [6.07, 6.45) is -4.52. The van der Waals surface area contributed by atoms with Crippen LogP contribution in [0.3, 0.4) is 0 Å². The van der Waals surface area contributed by atoms with Gasteiger partial charge in [0, 0.05) is 23.2 Å². The number of hydrogen-bond acceptors (Lipinski definition) is 9. The van der Waals surface area contributed by atoms with Crippen molar-refractivity contribution in [1.29, 1.82) is 0 Å². The summed E-state index contributed by atoms with van der Waals surface area (Å²) in [7, 11) is 0. The number of aryl methyl sites for hydroxylation is 1. The molecule has 0 aliphatic carbocycles. The molecule has 0 unspecified atom stereocenters. The first-order valence-corrected chi connectivity index (χ1v) is 13.0. The Morgan fingerprint density at radius 3 is 2.60 bits per heavy atom. The van der Waals surface area contributed by atoms with Gasteiger partial charge in [0.05, 0.1) is 18.6 Å². The Labute approximate surface area is 237 Å². The van der Waals surface area contributed by atoms with Gasteiger partial charge in [-0.3, -0.25) is 9.59 Å². The number of carbonyl (C=O) groups is 3. The molecule has 2 heterocycles. The first-order valence-electron chi connectivity index (χ1n) is 13.0. The molecule has 0 aliphatic heterocycles. The quantitative estimate of drug-likeness (QED) is 0.232.